The first-order valence-corrected chi connectivity index (χ1v) is 4.78. The lowest BCUT2D eigenvalue weighted by Gasteiger charge is -2.14. The lowest BCUT2D eigenvalue weighted by molar-refractivity contribution is -0.135. The maximum atomic E-state index is 11.4. The van der Waals surface area contributed by atoms with E-state index in [1.807, 2.05) is 20.8 Å². The smallest absolute Gasteiger partial charge is 0.187 e. The van der Waals surface area contributed by atoms with Crippen LogP contribution in [0, 0.1) is 0 Å². The van der Waals surface area contributed by atoms with Crippen molar-refractivity contribution >= 4 is 5.78 Å². The van der Waals surface area contributed by atoms with Crippen LogP contribution in [-0.4, -0.2) is 31.7 Å². The highest BCUT2D eigenvalue weighted by Crippen LogP contribution is 2.03. The molecule has 0 saturated heterocycles. The van der Waals surface area contributed by atoms with Crippen LogP contribution in [0.2, 0.25) is 0 Å². The van der Waals surface area contributed by atoms with E-state index in [4.69, 9.17) is 9.47 Å². The Morgan fingerprint density at radius 3 is 2.38 bits per heavy atom. The summed E-state index contributed by atoms with van der Waals surface area (Å²) < 4.78 is 10.3. The predicted octanol–water partition coefficient (Wildman–Crippen LogP) is 1.80. The molecule has 3 nitrogen and oxygen atoms in total. The highest BCUT2D eigenvalue weighted by Gasteiger charge is 2.16. The molecule has 0 aliphatic rings. The van der Waals surface area contributed by atoms with E-state index in [1.165, 1.54) is 0 Å². The number of rotatable bonds is 7. The number of carbonyl (C=O) groups is 1. The first kappa shape index (κ1) is 12.6. The molecule has 0 saturated carbocycles. The Kier molecular flexibility index (Phi) is 6.82. The van der Waals surface area contributed by atoms with Crippen molar-refractivity contribution in [3.63, 3.8) is 0 Å². The van der Waals surface area contributed by atoms with Crippen molar-refractivity contribution in [2.75, 3.05) is 13.7 Å². The average molecular weight is 188 g/mol. The van der Waals surface area contributed by atoms with Gasteiger partial charge in [-0.3, -0.25) is 4.79 Å². The Bertz CT molecular complexity index is 143. The summed E-state index contributed by atoms with van der Waals surface area (Å²) in [7, 11) is 1.56. The van der Waals surface area contributed by atoms with Gasteiger partial charge in [0.25, 0.3) is 0 Å². The summed E-state index contributed by atoms with van der Waals surface area (Å²) in [6, 6.07) is 0. The summed E-state index contributed by atoms with van der Waals surface area (Å²) in [6.07, 6.45) is 1.54. The molecule has 1 atom stereocenters. The molecule has 0 aromatic rings. The Balaban J connectivity index is 3.77. The Labute approximate surface area is 80.4 Å². The molecule has 0 radical (unpaired) electrons. The molecule has 78 valence electrons. The first-order valence-electron chi connectivity index (χ1n) is 4.78. The molecule has 0 heterocycles. The third kappa shape index (κ3) is 5.77. The lowest BCUT2D eigenvalue weighted by atomic mass is 10.1. The van der Waals surface area contributed by atoms with Crippen molar-refractivity contribution in [1.82, 2.24) is 0 Å². The van der Waals surface area contributed by atoms with Gasteiger partial charge in [0.1, 0.15) is 12.7 Å². The standard InChI is InChI=1S/C10H20O3/c1-5-6-10(12-4)9(11)7-13-8(2)3/h8,10H,5-7H2,1-4H3. The zero-order valence-corrected chi connectivity index (χ0v) is 9.00. The van der Waals surface area contributed by atoms with E-state index in [2.05, 4.69) is 0 Å². The summed E-state index contributed by atoms with van der Waals surface area (Å²) >= 11 is 0. The van der Waals surface area contributed by atoms with Crippen molar-refractivity contribution in [3.05, 3.63) is 0 Å². The van der Waals surface area contributed by atoms with Gasteiger partial charge in [-0.1, -0.05) is 13.3 Å². The van der Waals surface area contributed by atoms with E-state index < -0.39 is 0 Å². The second-order valence-corrected chi connectivity index (χ2v) is 3.34. The van der Waals surface area contributed by atoms with Crippen LogP contribution in [0.4, 0.5) is 0 Å². The van der Waals surface area contributed by atoms with Crippen molar-refractivity contribution < 1.29 is 14.3 Å². The number of ketones is 1. The van der Waals surface area contributed by atoms with Gasteiger partial charge < -0.3 is 9.47 Å². The molecule has 3 heteroatoms. The van der Waals surface area contributed by atoms with Gasteiger partial charge >= 0.3 is 0 Å². The quantitative estimate of drug-likeness (QED) is 0.611. The zero-order valence-electron chi connectivity index (χ0n) is 9.00. The van der Waals surface area contributed by atoms with Crippen LogP contribution in [0.1, 0.15) is 33.6 Å². The second kappa shape index (κ2) is 7.04. The lowest BCUT2D eigenvalue weighted by Crippen LogP contribution is -2.28. The number of hydrogen-bond acceptors (Lipinski definition) is 3. The van der Waals surface area contributed by atoms with Crippen LogP contribution in [0.15, 0.2) is 0 Å². The van der Waals surface area contributed by atoms with Crippen molar-refractivity contribution in [1.29, 1.82) is 0 Å². The van der Waals surface area contributed by atoms with Crippen LogP contribution in [0.25, 0.3) is 0 Å². The third-order valence-corrected chi connectivity index (χ3v) is 1.75. The van der Waals surface area contributed by atoms with Crippen molar-refractivity contribution in [2.24, 2.45) is 0 Å². The molecule has 0 aliphatic carbocycles. The minimum atomic E-state index is -0.288. The average Bonchev–Trinajstić information content (AvgIpc) is 2.10. The number of methoxy groups -OCH3 is 1. The Morgan fingerprint density at radius 2 is 2.00 bits per heavy atom. The van der Waals surface area contributed by atoms with Gasteiger partial charge in [-0.15, -0.1) is 0 Å². The van der Waals surface area contributed by atoms with Gasteiger partial charge in [0, 0.05) is 7.11 Å². The maximum absolute atomic E-state index is 11.4. The van der Waals surface area contributed by atoms with E-state index >= 15 is 0 Å². The molecule has 0 spiro atoms. The SMILES string of the molecule is CCCC(OC)C(=O)COC(C)C. The minimum absolute atomic E-state index is 0.0399. The molecule has 0 aromatic carbocycles. The van der Waals surface area contributed by atoms with Crippen LogP contribution in [0.5, 0.6) is 0 Å². The van der Waals surface area contributed by atoms with Crippen LogP contribution in [0.3, 0.4) is 0 Å². The van der Waals surface area contributed by atoms with Gasteiger partial charge in [-0.05, 0) is 20.3 Å². The number of Topliss-reactive ketones (excluding diaryl/α,β-unsaturated/α-hetero) is 1. The molecule has 1 unspecified atom stereocenters. The molecule has 0 bridgehead atoms. The Morgan fingerprint density at radius 1 is 1.38 bits per heavy atom. The van der Waals surface area contributed by atoms with Crippen LogP contribution in [-0.2, 0) is 14.3 Å². The van der Waals surface area contributed by atoms with Crippen molar-refractivity contribution in [2.45, 2.75) is 45.8 Å². The van der Waals surface area contributed by atoms with Gasteiger partial charge in [0.2, 0.25) is 0 Å². The fourth-order valence-electron chi connectivity index (χ4n) is 1.01. The first-order chi connectivity index (χ1) is 6.11. The van der Waals surface area contributed by atoms with E-state index in [0.717, 1.165) is 12.8 Å². The van der Waals surface area contributed by atoms with Crippen LogP contribution < -0.4 is 0 Å². The summed E-state index contributed by atoms with van der Waals surface area (Å²) in [5.74, 6) is 0.0399. The number of ether oxygens (including phenoxy) is 2. The molecule has 13 heavy (non-hydrogen) atoms. The molecule has 0 N–H and O–H groups in total. The zero-order chi connectivity index (χ0) is 10.3. The molecule has 0 aliphatic heterocycles. The predicted molar refractivity (Wildman–Crippen MR) is 51.8 cm³/mol. The van der Waals surface area contributed by atoms with Crippen LogP contribution >= 0.6 is 0 Å². The summed E-state index contributed by atoms with van der Waals surface area (Å²) in [5, 5.41) is 0. The monoisotopic (exact) mass is 188 g/mol. The maximum Gasteiger partial charge on any atom is 0.187 e. The topological polar surface area (TPSA) is 35.5 Å². The fourth-order valence-corrected chi connectivity index (χ4v) is 1.01. The van der Waals surface area contributed by atoms with E-state index in [0.29, 0.717) is 0 Å². The molecular weight excluding hydrogens is 168 g/mol. The molecule has 0 aromatic heterocycles. The van der Waals surface area contributed by atoms with E-state index in [9.17, 15) is 4.79 Å². The molecular formula is C10H20O3. The highest BCUT2D eigenvalue weighted by atomic mass is 16.5. The Hall–Kier alpha value is -0.410. The van der Waals surface area contributed by atoms with Gasteiger partial charge in [-0.25, -0.2) is 0 Å². The van der Waals surface area contributed by atoms with Gasteiger partial charge in [0.05, 0.1) is 6.10 Å². The van der Waals surface area contributed by atoms with E-state index in [-0.39, 0.29) is 24.6 Å². The van der Waals surface area contributed by atoms with Crippen molar-refractivity contribution in [3.8, 4) is 0 Å². The number of hydrogen-bond donors (Lipinski definition) is 0. The summed E-state index contributed by atoms with van der Waals surface area (Å²) in [4.78, 5) is 11.4. The second-order valence-electron chi connectivity index (χ2n) is 3.34. The van der Waals surface area contributed by atoms with Gasteiger partial charge in [0.15, 0.2) is 5.78 Å². The summed E-state index contributed by atoms with van der Waals surface area (Å²) in [6.45, 7) is 6.02. The fraction of sp³-hybridized carbons (Fsp3) is 0.900. The minimum Gasteiger partial charge on any atom is -0.374 e. The van der Waals surface area contributed by atoms with E-state index in [1.54, 1.807) is 7.11 Å². The van der Waals surface area contributed by atoms with Gasteiger partial charge in [-0.2, -0.15) is 0 Å². The largest absolute Gasteiger partial charge is 0.374 e. The summed E-state index contributed by atoms with van der Waals surface area (Å²) in [5.41, 5.74) is 0. The normalized spacial score (nSPS) is 13.3. The third-order valence-electron chi connectivity index (χ3n) is 1.75. The number of carbonyl (C=O) groups excluding carboxylic acids is 1. The highest BCUT2D eigenvalue weighted by molar-refractivity contribution is 5.84. The molecule has 0 rings (SSSR count). The molecule has 0 amide bonds. The molecule has 0 fully saturated rings.